The lowest BCUT2D eigenvalue weighted by Gasteiger charge is -2.09. The molecule has 2 aromatic rings. The molecule has 0 saturated heterocycles. The maximum absolute atomic E-state index is 13.2. The molecule has 5 heteroatoms. The molecule has 2 rings (SSSR count). The molecule has 0 unspecified atom stereocenters. The third kappa shape index (κ3) is 3.06. The molecule has 0 atom stereocenters. The Hall–Kier alpha value is -2.56. The summed E-state index contributed by atoms with van der Waals surface area (Å²) in [5.41, 5.74) is 1.20. The van der Waals surface area contributed by atoms with Crippen molar-refractivity contribution in [1.82, 2.24) is 0 Å². The normalized spacial score (nSPS) is 9.60. The molecule has 0 amide bonds. The van der Waals surface area contributed by atoms with Gasteiger partial charge in [0.1, 0.15) is 18.2 Å². The highest BCUT2D eigenvalue weighted by Crippen LogP contribution is 2.26. The summed E-state index contributed by atoms with van der Waals surface area (Å²) in [5, 5.41) is 18.0. The zero-order valence-electron chi connectivity index (χ0n) is 10.2. The van der Waals surface area contributed by atoms with Crippen LogP contribution >= 0.6 is 11.6 Å². The molecule has 0 saturated carbocycles. The van der Waals surface area contributed by atoms with Crippen molar-refractivity contribution in [1.29, 1.82) is 10.5 Å². The van der Waals surface area contributed by atoms with Gasteiger partial charge in [0.05, 0.1) is 28.3 Å². The van der Waals surface area contributed by atoms with Gasteiger partial charge in [-0.3, -0.25) is 0 Å². The Bertz CT molecular complexity index is 732. The Morgan fingerprint density at radius 1 is 1.10 bits per heavy atom. The first-order chi connectivity index (χ1) is 9.63. The summed E-state index contributed by atoms with van der Waals surface area (Å²) in [4.78, 5) is 0. The van der Waals surface area contributed by atoms with Crippen LogP contribution in [0.5, 0.6) is 5.75 Å². The van der Waals surface area contributed by atoms with E-state index in [1.807, 2.05) is 12.1 Å². The van der Waals surface area contributed by atoms with E-state index in [4.69, 9.17) is 26.9 Å². The molecule has 2 aromatic carbocycles. The molecular weight excluding hydrogens is 279 g/mol. The second-order valence-corrected chi connectivity index (χ2v) is 4.37. The Morgan fingerprint density at radius 2 is 1.90 bits per heavy atom. The van der Waals surface area contributed by atoms with E-state index in [0.717, 1.165) is 0 Å². The molecule has 0 aliphatic heterocycles. The van der Waals surface area contributed by atoms with Crippen LogP contribution in [0.3, 0.4) is 0 Å². The van der Waals surface area contributed by atoms with Crippen LogP contribution in [0, 0.1) is 28.5 Å². The molecule has 0 radical (unpaired) electrons. The average molecular weight is 287 g/mol. The van der Waals surface area contributed by atoms with Crippen molar-refractivity contribution in [3.8, 4) is 17.9 Å². The molecule has 0 aliphatic rings. The number of rotatable bonds is 3. The van der Waals surface area contributed by atoms with Crippen LogP contribution < -0.4 is 4.74 Å². The van der Waals surface area contributed by atoms with E-state index in [2.05, 4.69) is 0 Å². The summed E-state index contributed by atoms with van der Waals surface area (Å²) in [5.74, 6) is -0.0626. The number of hydrogen-bond acceptors (Lipinski definition) is 3. The molecule has 0 N–H and O–H groups in total. The molecule has 98 valence electrons. The summed E-state index contributed by atoms with van der Waals surface area (Å²) in [6.07, 6.45) is 0. The van der Waals surface area contributed by atoms with Gasteiger partial charge in [-0.1, -0.05) is 11.6 Å². The first-order valence-corrected chi connectivity index (χ1v) is 6.03. The third-order valence-corrected chi connectivity index (χ3v) is 2.93. The van der Waals surface area contributed by atoms with Crippen LogP contribution in [0.1, 0.15) is 16.7 Å². The maximum Gasteiger partial charge on any atom is 0.138 e. The Kier molecular flexibility index (Phi) is 4.20. The minimum absolute atomic E-state index is 0.0201. The van der Waals surface area contributed by atoms with E-state index in [9.17, 15) is 4.39 Å². The Morgan fingerprint density at radius 3 is 2.55 bits per heavy atom. The van der Waals surface area contributed by atoms with E-state index in [-0.39, 0.29) is 6.61 Å². The summed E-state index contributed by atoms with van der Waals surface area (Å²) < 4.78 is 18.6. The largest absolute Gasteiger partial charge is 0.487 e. The second-order valence-electron chi connectivity index (χ2n) is 3.96. The molecule has 0 bridgehead atoms. The summed E-state index contributed by atoms with van der Waals surface area (Å²) in [6.45, 7) is 0.0201. The summed E-state index contributed by atoms with van der Waals surface area (Å²) in [7, 11) is 0. The highest BCUT2D eigenvalue weighted by molar-refractivity contribution is 6.32. The van der Waals surface area contributed by atoms with Crippen LogP contribution in [0.25, 0.3) is 0 Å². The van der Waals surface area contributed by atoms with Gasteiger partial charge >= 0.3 is 0 Å². The van der Waals surface area contributed by atoms with E-state index < -0.39 is 5.82 Å². The van der Waals surface area contributed by atoms with Crippen molar-refractivity contribution in [2.24, 2.45) is 0 Å². The Labute approximate surface area is 120 Å². The second kappa shape index (κ2) is 6.06. The van der Waals surface area contributed by atoms with E-state index in [1.165, 1.54) is 24.3 Å². The van der Waals surface area contributed by atoms with Crippen molar-refractivity contribution in [3.05, 3.63) is 63.9 Å². The highest BCUT2D eigenvalue weighted by atomic mass is 35.5. The standard InChI is InChI=1S/C15H8ClFN2O/c16-14-5-10(7-18)1-4-15(14)20-9-12-6-13(17)3-2-11(12)8-19/h1-6H,9H2. The lowest BCUT2D eigenvalue weighted by Crippen LogP contribution is -1.99. The van der Waals surface area contributed by atoms with Gasteiger partial charge < -0.3 is 4.74 Å². The van der Waals surface area contributed by atoms with E-state index >= 15 is 0 Å². The molecule has 0 aromatic heterocycles. The number of nitrogens with zero attached hydrogens (tertiary/aromatic N) is 2. The zero-order valence-corrected chi connectivity index (χ0v) is 11.0. The fraction of sp³-hybridized carbons (Fsp3) is 0.0667. The zero-order chi connectivity index (χ0) is 14.5. The fourth-order valence-electron chi connectivity index (χ4n) is 1.63. The molecular formula is C15H8ClFN2O. The van der Waals surface area contributed by atoms with Gasteiger partial charge in [0.2, 0.25) is 0 Å². The fourth-order valence-corrected chi connectivity index (χ4v) is 1.87. The number of benzene rings is 2. The molecule has 20 heavy (non-hydrogen) atoms. The predicted molar refractivity (Wildman–Crippen MR) is 71.6 cm³/mol. The smallest absolute Gasteiger partial charge is 0.138 e. The van der Waals surface area contributed by atoms with Gasteiger partial charge in [-0.25, -0.2) is 4.39 Å². The van der Waals surface area contributed by atoms with Gasteiger partial charge in [0, 0.05) is 5.56 Å². The molecule has 3 nitrogen and oxygen atoms in total. The highest BCUT2D eigenvalue weighted by Gasteiger charge is 2.07. The van der Waals surface area contributed by atoms with Crippen LogP contribution in [-0.2, 0) is 6.61 Å². The monoisotopic (exact) mass is 286 g/mol. The lowest BCUT2D eigenvalue weighted by molar-refractivity contribution is 0.305. The van der Waals surface area contributed by atoms with Crippen LogP contribution in [0.4, 0.5) is 4.39 Å². The molecule has 0 fully saturated rings. The van der Waals surface area contributed by atoms with Crippen LogP contribution in [0.15, 0.2) is 36.4 Å². The molecule has 0 heterocycles. The van der Waals surface area contributed by atoms with Crippen molar-refractivity contribution in [2.45, 2.75) is 6.61 Å². The minimum atomic E-state index is -0.437. The van der Waals surface area contributed by atoms with Crippen LogP contribution in [0.2, 0.25) is 5.02 Å². The van der Waals surface area contributed by atoms with Gasteiger partial charge in [-0.05, 0) is 36.4 Å². The Balaban J connectivity index is 2.19. The van der Waals surface area contributed by atoms with Gasteiger partial charge in [-0.15, -0.1) is 0 Å². The van der Waals surface area contributed by atoms with Gasteiger partial charge in [0.25, 0.3) is 0 Å². The molecule has 0 aliphatic carbocycles. The maximum atomic E-state index is 13.2. The van der Waals surface area contributed by atoms with Crippen molar-refractivity contribution in [2.75, 3.05) is 0 Å². The van der Waals surface area contributed by atoms with Crippen molar-refractivity contribution >= 4 is 11.6 Å². The topological polar surface area (TPSA) is 56.8 Å². The summed E-state index contributed by atoms with van der Waals surface area (Å²) >= 11 is 5.96. The quantitative estimate of drug-likeness (QED) is 0.862. The molecule has 0 spiro atoms. The van der Waals surface area contributed by atoms with Crippen LogP contribution in [-0.4, -0.2) is 0 Å². The number of ether oxygens (including phenoxy) is 1. The SMILES string of the molecule is N#Cc1ccc(OCc2cc(F)ccc2C#N)c(Cl)c1. The van der Waals surface area contributed by atoms with Crippen molar-refractivity contribution in [3.63, 3.8) is 0 Å². The average Bonchev–Trinajstić information content (AvgIpc) is 2.46. The first-order valence-electron chi connectivity index (χ1n) is 5.65. The minimum Gasteiger partial charge on any atom is -0.487 e. The van der Waals surface area contributed by atoms with Crippen molar-refractivity contribution < 1.29 is 9.13 Å². The van der Waals surface area contributed by atoms with E-state index in [0.29, 0.717) is 27.5 Å². The number of nitriles is 2. The van der Waals surface area contributed by atoms with Gasteiger partial charge in [0.15, 0.2) is 0 Å². The first kappa shape index (κ1) is 13.9. The third-order valence-electron chi connectivity index (χ3n) is 2.63. The van der Waals surface area contributed by atoms with E-state index in [1.54, 1.807) is 12.1 Å². The number of halogens is 2. The summed E-state index contributed by atoms with van der Waals surface area (Å²) in [6, 6.07) is 12.4. The predicted octanol–water partition coefficient (Wildman–Crippen LogP) is 3.80. The lowest BCUT2D eigenvalue weighted by atomic mass is 10.1. The van der Waals surface area contributed by atoms with Gasteiger partial charge in [-0.2, -0.15) is 10.5 Å². The number of hydrogen-bond donors (Lipinski definition) is 0.